The zero-order valence-electron chi connectivity index (χ0n) is 20.7. The quantitative estimate of drug-likeness (QED) is 0.570. The third-order valence-corrected chi connectivity index (χ3v) is 7.32. The number of amides is 2. The summed E-state index contributed by atoms with van der Waals surface area (Å²) >= 11 is 0. The number of nitrogens with zero attached hydrogens (tertiary/aromatic N) is 2. The number of hydrogen-bond donors (Lipinski definition) is 2. The van der Waals surface area contributed by atoms with Crippen LogP contribution in [0.15, 0.2) is 60.8 Å². The first-order valence-corrected chi connectivity index (χ1v) is 12.7. The maximum atomic E-state index is 13.0. The summed E-state index contributed by atoms with van der Waals surface area (Å²) < 4.78 is 32.3. The van der Waals surface area contributed by atoms with Crippen molar-refractivity contribution >= 4 is 11.8 Å². The lowest BCUT2D eigenvalue weighted by Crippen LogP contribution is -2.55. The Morgan fingerprint density at radius 2 is 1.95 bits per heavy atom. The normalized spacial score (nSPS) is 24.4. The van der Waals surface area contributed by atoms with Gasteiger partial charge >= 0.3 is 0 Å². The monoisotopic (exact) mass is 510 g/mol. The molecule has 3 atom stereocenters. The van der Waals surface area contributed by atoms with Gasteiger partial charge in [0, 0.05) is 43.5 Å². The minimum atomic E-state index is -2.44. The predicted molar refractivity (Wildman–Crippen MR) is 135 cm³/mol. The van der Waals surface area contributed by atoms with Crippen molar-refractivity contribution in [2.75, 3.05) is 19.6 Å². The molecule has 0 radical (unpaired) electrons. The number of nitrogens with one attached hydrogen (secondary N) is 2. The molecule has 2 fully saturated rings. The topological polar surface area (TPSA) is 73.9 Å². The molecule has 0 bridgehead atoms. The van der Waals surface area contributed by atoms with E-state index in [9.17, 15) is 18.4 Å². The summed E-state index contributed by atoms with van der Waals surface area (Å²) in [4.78, 5) is 29.4. The van der Waals surface area contributed by atoms with Crippen molar-refractivity contribution in [3.8, 4) is 5.75 Å². The van der Waals surface area contributed by atoms with Crippen LogP contribution < -0.4 is 15.4 Å². The number of fused-ring (bicyclic) bond motifs is 1. The molecule has 2 amide bonds. The molecule has 2 saturated heterocycles. The Kier molecular flexibility index (Phi) is 7.53. The highest BCUT2D eigenvalue weighted by Crippen LogP contribution is 2.31. The standard InChI is InChI=1S/C28H32F2N4O3/c1-18-7-10-24(27(35)32-18)34-16-20-13-21(8-9-22(20)28(34)36)37-25-17-33(15-19-5-3-2-4-6-19)12-11-23(25)31-14-26(29)30/h2-6,8-9,13,23-26,31H,1,7,10-12,14-17H2,(H,32,35). The third-order valence-electron chi connectivity index (χ3n) is 7.32. The molecule has 3 unspecified atom stereocenters. The third kappa shape index (κ3) is 5.83. The van der Waals surface area contributed by atoms with Crippen molar-refractivity contribution < 1.29 is 23.1 Å². The van der Waals surface area contributed by atoms with Crippen molar-refractivity contribution in [2.45, 2.75) is 57.0 Å². The average Bonchev–Trinajstić information content (AvgIpc) is 3.19. The molecule has 0 aliphatic carbocycles. The number of benzene rings is 2. The molecule has 3 heterocycles. The van der Waals surface area contributed by atoms with E-state index < -0.39 is 12.5 Å². The van der Waals surface area contributed by atoms with E-state index in [0.717, 1.165) is 18.7 Å². The molecule has 196 valence electrons. The van der Waals surface area contributed by atoms with Gasteiger partial charge in [-0.3, -0.25) is 14.5 Å². The number of carbonyl (C=O) groups excluding carboxylic acids is 2. The smallest absolute Gasteiger partial charge is 0.255 e. The van der Waals surface area contributed by atoms with E-state index in [1.54, 1.807) is 17.0 Å². The van der Waals surface area contributed by atoms with Gasteiger partial charge in [-0.15, -0.1) is 0 Å². The Morgan fingerprint density at radius 3 is 2.70 bits per heavy atom. The summed E-state index contributed by atoms with van der Waals surface area (Å²) in [6, 6.07) is 14.7. The summed E-state index contributed by atoms with van der Waals surface area (Å²) in [6.45, 7) is 5.87. The van der Waals surface area contributed by atoms with Crippen LogP contribution in [0.2, 0.25) is 0 Å². The molecule has 2 N–H and O–H groups in total. The van der Waals surface area contributed by atoms with Gasteiger partial charge in [0.25, 0.3) is 12.3 Å². The van der Waals surface area contributed by atoms with Crippen molar-refractivity contribution in [3.05, 3.63) is 77.5 Å². The van der Waals surface area contributed by atoms with Gasteiger partial charge in [0.15, 0.2) is 0 Å². The number of ether oxygens (including phenoxy) is 1. The Labute approximate surface area is 215 Å². The Hall–Kier alpha value is -3.30. The molecule has 3 aliphatic heterocycles. The van der Waals surface area contributed by atoms with Gasteiger partial charge in [0.2, 0.25) is 5.91 Å². The number of rotatable bonds is 8. The Balaban J connectivity index is 1.29. The molecule has 37 heavy (non-hydrogen) atoms. The zero-order chi connectivity index (χ0) is 25.9. The fourth-order valence-corrected chi connectivity index (χ4v) is 5.44. The maximum Gasteiger partial charge on any atom is 0.255 e. The van der Waals surface area contributed by atoms with Crippen LogP contribution in [0.4, 0.5) is 8.78 Å². The van der Waals surface area contributed by atoms with E-state index in [1.165, 1.54) is 5.56 Å². The largest absolute Gasteiger partial charge is 0.487 e. The lowest BCUT2D eigenvalue weighted by atomic mass is 10.0. The van der Waals surface area contributed by atoms with Gasteiger partial charge < -0.3 is 20.3 Å². The molecule has 3 aliphatic rings. The minimum Gasteiger partial charge on any atom is -0.487 e. The molecular weight excluding hydrogens is 478 g/mol. The first-order chi connectivity index (χ1) is 17.9. The van der Waals surface area contributed by atoms with Crippen molar-refractivity contribution in [2.24, 2.45) is 0 Å². The average molecular weight is 511 g/mol. The van der Waals surface area contributed by atoms with Crippen molar-refractivity contribution in [3.63, 3.8) is 0 Å². The molecule has 7 nitrogen and oxygen atoms in total. The van der Waals surface area contributed by atoms with E-state index in [0.29, 0.717) is 49.4 Å². The minimum absolute atomic E-state index is 0.169. The van der Waals surface area contributed by atoms with E-state index in [1.807, 2.05) is 24.3 Å². The summed E-state index contributed by atoms with van der Waals surface area (Å²) in [5.74, 6) is 0.213. The maximum absolute atomic E-state index is 13.0. The molecule has 5 rings (SSSR count). The number of halogens is 2. The summed E-state index contributed by atoms with van der Waals surface area (Å²) in [7, 11) is 0. The highest BCUT2D eigenvalue weighted by molar-refractivity contribution is 6.01. The van der Waals surface area contributed by atoms with Gasteiger partial charge in [-0.05, 0) is 48.6 Å². The van der Waals surface area contributed by atoms with E-state index in [2.05, 4.69) is 34.2 Å². The van der Waals surface area contributed by atoms with Crippen LogP contribution in [0.1, 0.15) is 40.7 Å². The second-order valence-corrected chi connectivity index (χ2v) is 9.97. The van der Waals surface area contributed by atoms with E-state index in [4.69, 9.17) is 4.74 Å². The number of allylic oxidation sites excluding steroid dienone is 1. The van der Waals surface area contributed by atoms with Crippen LogP contribution >= 0.6 is 0 Å². The fraction of sp³-hybridized carbons (Fsp3) is 0.429. The molecule has 2 aromatic rings. The first-order valence-electron chi connectivity index (χ1n) is 12.7. The predicted octanol–water partition coefficient (Wildman–Crippen LogP) is 3.31. The van der Waals surface area contributed by atoms with Gasteiger partial charge in [-0.1, -0.05) is 36.9 Å². The number of piperidine rings is 2. The number of hydrogen-bond acceptors (Lipinski definition) is 5. The SMILES string of the molecule is C=C1CCC(N2Cc3cc(OC4CN(Cc5ccccc5)CCC4NCC(F)F)ccc3C2=O)C(=O)N1. The molecule has 0 saturated carbocycles. The van der Waals surface area contributed by atoms with E-state index >= 15 is 0 Å². The lowest BCUT2D eigenvalue weighted by molar-refractivity contribution is -0.126. The summed E-state index contributed by atoms with van der Waals surface area (Å²) in [5.41, 5.74) is 3.22. The van der Waals surface area contributed by atoms with Crippen LogP contribution in [0, 0.1) is 0 Å². The van der Waals surface area contributed by atoms with Crippen LogP contribution in [0.5, 0.6) is 5.75 Å². The molecule has 0 aromatic heterocycles. The lowest BCUT2D eigenvalue weighted by Gasteiger charge is -2.39. The van der Waals surface area contributed by atoms with E-state index in [-0.39, 0.29) is 30.5 Å². The molecular formula is C28H32F2N4O3. The van der Waals surface area contributed by atoms with Gasteiger partial charge in [-0.25, -0.2) is 8.78 Å². The van der Waals surface area contributed by atoms with Gasteiger partial charge in [0.1, 0.15) is 17.9 Å². The number of likely N-dealkylation sites (tertiary alicyclic amines) is 1. The highest BCUT2D eigenvalue weighted by atomic mass is 19.3. The fourth-order valence-electron chi connectivity index (χ4n) is 5.44. The van der Waals surface area contributed by atoms with Gasteiger partial charge in [0.05, 0.1) is 6.54 Å². The highest BCUT2D eigenvalue weighted by Gasteiger charge is 2.38. The second-order valence-electron chi connectivity index (χ2n) is 9.97. The van der Waals surface area contributed by atoms with Crippen molar-refractivity contribution in [1.29, 1.82) is 0 Å². The molecule has 9 heteroatoms. The number of carbonyl (C=O) groups is 2. The van der Waals surface area contributed by atoms with Gasteiger partial charge in [-0.2, -0.15) is 0 Å². The second kappa shape index (κ2) is 11.0. The van der Waals surface area contributed by atoms with Crippen molar-refractivity contribution in [1.82, 2.24) is 20.4 Å². The van der Waals surface area contributed by atoms with Crippen LogP contribution in [0.3, 0.4) is 0 Å². The summed E-state index contributed by atoms with van der Waals surface area (Å²) in [6.07, 6.45) is -0.903. The van der Waals surface area contributed by atoms with Crippen LogP contribution in [0.25, 0.3) is 0 Å². The number of alkyl halides is 2. The van der Waals surface area contributed by atoms with Crippen LogP contribution in [-0.2, 0) is 17.9 Å². The zero-order valence-corrected chi connectivity index (χ0v) is 20.7. The van der Waals surface area contributed by atoms with Crippen LogP contribution in [-0.4, -0.2) is 65.9 Å². The Morgan fingerprint density at radius 1 is 1.14 bits per heavy atom. The molecule has 0 spiro atoms. The first kappa shape index (κ1) is 25.4. The Bertz CT molecular complexity index is 1160. The summed E-state index contributed by atoms with van der Waals surface area (Å²) in [5, 5.41) is 5.73. The molecule has 2 aromatic carbocycles.